The second kappa shape index (κ2) is 8.74. The van der Waals surface area contributed by atoms with E-state index in [4.69, 9.17) is 9.84 Å². The molecule has 1 N–H and O–H groups in total. The van der Waals surface area contributed by atoms with E-state index in [0.29, 0.717) is 31.3 Å². The first-order chi connectivity index (χ1) is 10.0. The van der Waals surface area contributed by atoms with Gasteiger partial charge >= 0.3 is 5.97 Å². The van der Waals surface area contributed by atoms with Crippen LogP contribution in [0, 0.1) is 5.82 Å². The molecule has 0 bridgehead atoms. The molecule has 0 atom stereocenters. The molecule has 21 heavy (non-hydrogen) atoms. The number of carbonyl (C=O) groups is 1. The van der Waals surface area contributed by atoms with Gasteiger partial charge in [-0.15, -0.1) is 0 Å². The van der Waals surface area contributed by atoms with Crippen LogP contribution in [0.2, 0.25) is 0 Å². The van der Waals surface area contributed by atoms with Crippen LogP contribution < -0.4 is 0 Å². The molecule has 1 aromatic rings. The molecular formula is C16H24FNO3. The fourth-order valence-corrected chi connectivity index (χ4v) is 2.45. The average Bonchev–Trinajstić information content (AvgIpc) is 2.47. The summed E-state index contributed by atoms with van der Waals surface area (Å²) in [6.45, 7) is 5.84. The van der Waals surface area contributed by atoms with E-state index in [0.717, 1.165) is 12.8 Å². The number of aromatic carboxylic acids is 1. The Morgan fingerprint density at radius 3 is 2.57 bits per heavy atom. The fourth-order valence-electron chi connectivity index (χ4n) is 2.45. The number of rotatable bonds is 9. The molecular weight excluding hydrogens is 273 g/mol. The summed E-state index contributed by atoms with van der Waals surface area (Å²) in [5, 5.41) is 9.02. The number of carboxylic acid groups (broad SMARTS) is 1. The Kier molecular flexibility index (Phi) is 7.32. The maximum absolute atomic E-state index is 13.9. The Bertz CT molecular complexity index is 461. The maximum atomic E-state index is 13.9. The third kappa shape index (κ3) is 5.10. The molecule has 0 radical (unpaired) electrons. The average molecular weight is 297 g/mol. The predicted octanol–water partition coefficient (Wildman–Crippen LogP) is 3.16. The number of ether oxygens (including phenoxy) is 1. The normalized spacial score (nSPS) is 11.3. The monoisotopic (exact) mass is 297 g/mol. The van der Waals surface area contributed by atoms with Gasteiger partial charge in [-0.05, 0) is 31.0 Å². The summed E-state index contributed by atoms with van der Waals surface area (Å²) in [6, 6.07) is 4.26. The van der Waals surface area contributed by atoms with E-state index >= 15 is 0 Å². The minimum absolute atomic E-state index is 0.114. The highest BCUT2D eigenvalue weighted by molar-refractivity contribution is 5.87. The molecule has 1 rings (SSSR count). The molecule has 118 valence electrons. The summed E-state index contributed by atoms with van der Waals surface area (Å²) in [7, 11) is 1.64. The van der Waals surface area contributed by atoms with Crippen molar-refractivity contribution in [3.05, 3.63) is 35.1 Å². The maximum Gasteiger partial charge on any atom is 0.335 e. The number of hydrogen-bond acceptors (Lipinski definition) is 3. The van der Waals surface area contributed by atoms with Crippen molar-refractivity contribution in [3.8, 4) is 0 Å². The summed E-state index contributed by atoms with van der Waals surface area (Å²) < 4.78 is 19.0. The minimum atomic E-state index is -1.04. The van der Waals surface area contributed by atoms with E-state index in [9.17, 15) is 9.18 Å². The van der Waals surface area contributed by atoms with E-state index in [2.05, 4.69) is 18.7 Å². The van der Waals surface area contributed by atoms with E-state index in [1.165, 1.54) is 18.2 Å². The molecule has 0 aliphatic rings. The summed E-state index contributed by atoms with van der Waals surface area (Å²) >= 11 is 0. The molecule has 0 unspecified atom stereocenters. The molecule has 0 heterocycles. The smallest absolute Gasteiger partial charge is 0.335 e. The first-order valence-corrected chi connectivity index (χ1v) is 7.28. The minimum Gasteiger partial charge on any atom is -0.478 e. The molecule has 0 saturated heterocycles. The van der Waals surface area contributed by atoms with Gasteiger partial charge in [0, 0.05) is 31.8 Å². The first kappa shape index (κ1) is 17.6. The van der Waals surface area contributed by atoms with Crippen molar-refractivity contribution in [2.24, 2.45) is 0 Å². The van der Waals surface area contributed by atoms with Gasteiger partial charge in [0.25, 0.3) is 0 Å². The summed E-state index contributed by atoms with van der Waals surface area (Å²) in [5.74, 6) is -1.41. The Balaban J connectivity index is 2.95. The number of nitrogens with zero attached hydrogens (tertiary/aromatic N) is 1. The SMILES string of the molecule is CCC(CC)N(CCOC)Cc1cc(C(=O)O)ccc1F. The largest absolute Gasteiger partial charge is 0.478 e. The Morgan fingerprint density at radius 2 is 2.05 bits per heavy atom. The molecule has 0 fully saturated rings. The number of carboxylic acids is 1. The van der Waals surface area contributed by atoms with Gasteiger partial charge in [0.15, 0.2) is 0 Å². The standard InChI is InChI=1S/C16H24FNO3/c1-4-14(5-2)18(8-9-21-3)11-13-10-12(16(19)20)6-7-15(13)17/h6-7,10,14H,4-5,8-9,11H2,1-3H3,(H,19,20). The van der Waals surface area contributed by atoms with Crippen molar-refractivity contribution in [2.45, 2.75) is 39.3 Å². The molecule has 1 aromatic carbocycles. The van der Waals surface area contributed by atoms with Crippen LogP contribution in [-0.4, -0.2) is 42.3 Å². The molecule has 0 aliphatic carbocycles. The van der Waals surface area contributed by atoms with Crippen LogP contribution in [0.5, 0.6) is 0 Å². The number of methoxy groups -OCH3 is 1. The lowest BCUT2D eigenvalue weighted by molar-refractivity contribution is 0.0696. The van der Waals surface area contributed by atoms with Crippen molar-refractivity contribution < 1.29 is 19.0 Å². The van der Waals surface area contributed by atoms with Crippen molar-refractivity contribution in [1.29, 1.82) is 0 Å². The van der Waals surface area contributed by atoms with Crippen LogP contribution >= 0.6 is 0 Å². The van der Waals surface area contributed by atoms with Gasteiger partial charge in [0.1, 0.15) is 5.82 Å². The first-order valence-electron chi connectivity index (χ1n) is 7.28. The molecule has 4 nitrogen and oxygen atoms in total. The van der Waals surface area contributed by atoms with Crippen LogP contribution in [0.25, 0.3) is 0 Å². The molecule has 0 aromatic heterocycles. The third-order valence-corrected chi connectivity index (χ3v) is 3.71. The summed E-state index contributed by atoms with van der Waals surface area (Å²) in [6.07, 6.45) is 1.92. The number of halogens is 1. The van der Waals surface area contributed by atoms with Crippen LogP contribution in [0.1, 0.15) is 42.6 Å². The fraction of sp³-hybridized carbons (Fsp3) is 0.562. The summed E-state index contributed by atoms with van der Waals surface area (Å²) in [4.78, 5) is 13.2. The lowest BCUT2D eigenvalue weighted by Gasteiger charge is -2.30. The molecule has 0 saturated carbocycles. The number of benzene rings is 1. The van der Waals surface area contributed by atoms with E-state index in [1.54, 1.807) is 7.11 Å². The van der Waals surface area contributed by atoms with Crippen LogP contribution in [0.4, 0.5) is 4.39 Å². The second-order valence-corrected chi connectivity index (χ2v) is 5.04. The van der Waals surface area contributed by atoms with Gasteiger partial charge in [0.05, 0.1) is 12.2 Å². The van der Waals surface area contributed by atoms with Crippen molar-refractivity contribution in [2.75, 3.05) is 20.3 Å². The zero-order valence-electron chi connectivity index (χ0n) is 12.9. The zero-order valence-corrected chi connectivity index (χ0v) is 12.9. The van der Waals surface area contributed by atoms with Gasteiger partial charge < -0.3 is 9.84 Å². The van der Waals surface area contributed by atoms with Gasteiger partial charge in [-0.1, -0.05) is 13.8 Å². The second-order valence-electron chi connectivity index (χ2n) is 5.04. The third-order valence-electron chi connectivity index (χ3n) is 3.71. The van der Waals surface area contributed by atoms with Crippen LogP contribution in [-0.2, 0) is 11.3 Å². The zero-order chi connectivity index (χ0) is 15.8. The highest BCUT2D eigenvalue weighted by atomic mass is 19.1. The van der Waals surface area contributed by atoms with E-state index < -0.39 is 5.97 Å². The lowest BCUT2D eigenvalue weighted by atomic mass is 10.1. The van der Waals surface area contributed by atoms with Gasteiger partial charge in [-0.25, -0.2) is 9.18 Å². The lowest BCUT2D eigenvalue weighted by Crippen LogP contribution is -2.36. The van der Waals surface area contributed by atoms with Gasteiger partial charge in [-0.3, -0.25) is 4.90 Å². The highest BCUT2D eigenvalue weighted by Crippen LogP contribution is 2.17. The van der Waals surface area contributed by atoms with Crippen molar-refractivity contribution in [3.63, 3.8) is 0 Å². The van der Waals surface area contributed by atoms with Crippen LogP contribution in [0.3, 0.4) is 0 Å². The van der Waals surface area contributed by atoms with Gasteiger partial charge in [-0.2, -0.15) is 0 Å². The molecule has 0 amide bonds. The predicted molar refractivity (Wildman–Crippen MR) is 80.0 cm³/mol. The Hall–Kier alpha value is -1.46. The molecule has 0 aliphatic heterocycles. The Morgan fingerprint density at radius 1 is 1.38 bits per heavy atom. The Labute approximate surface area is 125 Å². The van der Waals surface area contributed by atoms with Gasteiger partial charge in [0.2, 0.25) is 0 Å². The summed E-state index contributed by atoms with van der Waals surface area (Å²) in [5.41, 5.74) is 0.528. The van der Waals surface area contributed by atoms with E-state index in [-0.39, 0.29) is 11.4 Å². The van der Waals surface area contributed by atoms with Crippen molar-refractivity contribution in [1.82, 2.24) is 4.90 Å². The molecule has 5 heteroatoms. The van der Waals surface area contributed by atoms with E-state index in [1.807, 2.05) is 0 Å². The molecule has 0 spiro atoms. The number of hydrogen-bond donors (Lipinski definition) is 1. The van der Waals surface area contributed by atoms with Crippen LogP contribution in [0.15, 0.2) is 18.2 Å². The quantitative estimate of drug-likeness (QED) is 0.760. The highest BCUT2D eigenvalue weighted by Gasteiger charge is 2.18. The van der Waals surface area contributed by atoms with Crippen molar-refractivity contribution >= 4 is 5.97 Å². The topological polar surface area (TPSA) is 49.8 Å².